The molecule has 0 aliphatic rings. The highest BCUT2D eigenvalue weighted by Crippen LogP contribution is 2.14. The van der Waals surface area contributed by atoms with Crippen LogP contribution in [0.5, 0.6) is 0 Å². The Kier molecular flexibility index (Phi) is 3.59. The van der Waals surface area contributed by atoms with E-state index in [1.165, 1.54) is 4.88 Å². The summed E-state index contributed by atoms with van der Waals surface area (Å²) >= 11 is 7.47. The van der Waals surface area contributed by atoms with Crippen molar-refractivity contribution in [2.45, 2.75) is 6.92 Å². The maximum absolute atomic E-state index is 5.79. The van der Waals surface area contributed by atoms with Gasteiger partial charge in [0, 0.05) is 9.90 Å². The topological polar surface area (TPSA) is 24.4 Å². The van der Waals surface area contributed by atoms with Crippen molar-refractivity contribution in [2.75, 3.05) is 5.43 Å². The van der Waals surface area contributed by atoms with Crippen LogP contribution in [-0.2, 0) is 0 Å². The minimum absolute atomic E-state index is 0.726. The van der Waals surface area contributed by atoms with E-state index in [2.05, 4.69) is 10.5 Å². The Morgan fingerprint density at radius 1 is 1.25 bits per heavy atom. The molecule has 1 N–H and O–H groups in total. The van der Waals surface area contributed by atoms with E-state index in [1.54, 1.807) is 11.3 Å². The lowest BCUT2D eigenvalue weighted by Crippen LogP contribution is -1.96. The van der Waals surface area contributed by atoms with E-state index in [4.69, 9.17) is 11.6 Å². The summed E-state index contributed by atoms with van der Waals surface area (Å²) in [5.41, 5.74) is 4.90. The first-order chi connectivity index (χ1) is 7.75. The van der Waals surface area contributed by atoms with Gasteiger partial charge < -0.3 is 0 Å². The zero-order valence-corrected chi connectivity index (χ0v) is 10.3. The molecule has 0 amide bonds. The van der Waals surface area contributed by atoms with Crippen LogP contribution in [-0.4, -0.2) is 5.71 Å². The van der Waals surface area contributed by atoms with Gasteiger partial charge in [0.2, 0.25) is 0 Å². The van der Waals surface area contributed by atoms with Crippen molar-refractivity contribution in [2.24, 2.45) is 5.10 Å². The van der Waals surface area contributed by atoms with Gasteiger partial charge in [0.05, 0.1) is 11.4 Å². The fourth-order valence-electron chi connectivity index (χ4n) is 1.21. The standard InChI is InChI=1S/C12H11ClN2S/c1-9(12-3-2-8-16-12)14-15-11-6-4-10(13)5-7-11/h2-8,15H,1H3/b14-9-. The molecule has 0 spiro atoms. The van der Waals surface area contributed by atoms with Gasteiger partial charge in [0.15, 0.2) is 0 Å². The first kappa shape index (κ1) is 11.2. The molecule has 2 rings (SSSR count). The number of hydrogen-bond acceptors (Lipinski definition) is 3. The van der Waals surface area contributed by atoms with Crippen LogP contribution in [0.3, 0.4) is 0 Å². The Morgan fingerprint density at radius 3 is 2.62 bits per heavy atom. The molecule has 0 radical (unpaired) electrons. The van der Waals surface area contributed by atoms with Crippen molar-refractivity contribution in [1.82, 2.24) is 0 Å². The molecule has 2 aromatic rings. The molecule has 1 aromatic carbocycles. The fourth-order valence-corrected chi connectivity index (χ4v) is 2.02. The summed E-state index contributed by atoms with van der Waals surface area (Å²) in [6.45, 7) is 1.98. The van der Waals surface area contributed by atoms with Gasteiger partial charge in [-0.25, -0.2) is 0 Å². The molecule has 0 unspecified atom stereocenters. The second-order valence-electron chi connectivity index (χ2n) is 3.29. The number of hydrazone groups is 1. The molecule has 0 saturated carbocycles. The second kappa shape index (κ2) is 5.14. The molecular weight excluding hydrogens is 240 g/mol. The first-order valence-corrected chi connectivity index (χ1v) is 6.11. The van der Waals surface area contributed by atoms with E-state index in [9.17, 15) is 0 Å². The highest BCUT2D eigenvalue weighted by Gasteiger charge is 1.97. The first-order valence-electron chi connectivity index (χ1n) is 4.85. The summed E-state index contributed by atoms with van der Waals surface area (Å²) < 4.78 is 0. The van der Waals surface area contributed by atoms with Gasteiger partial charge in [0.25, 0.3) is 0 Å². The minimum atomic E-state index is 0.726. The Labute approximate surface area is 104 Å². The number of thiophene rings is 1. The largest absolute Gasteiger partial charge is 0.278 e. The third kappa shape index (κ3) is 2.84. The maximum Gasteiger partial charge on any atom is 0.0747 e. The van der Waals surface area contributed by atoms with Crippen LogP contribution < -0.4 is 5.43 Å². The van der Waals surface area contributed by atoms with E-state index in [1.807, 2.05) is 48.7 Å². The van der Waals surface area contributed by atoms with Crippen molar-refractivity contribution in [3.63, 3.8) is 0 Å². The highest BCUT2D eigenvalue weighted by atomic mass is 35.5. The average molecular weight is 251 g/mol. The van der Waals surface area contributed by atoms with Crippen molar-refractivity contribution < 1.29 is 0 Å². The molecular formula is C12H11ClN2S. The van der Waals surface area contributed by atoms with E-state index in [0.717, 1.165) is 16.4 Å². The van der Waals surface area contributed by atoms with Crippen LogP contribution in [0.2, 0.25) is 5.02 Å². The number of hydrogen-bond donors (Lipinski definition) is 1. The molecule has 0 saturated heterocycles. The van der Waals surface area contributed by atoms with Crippen LogP contribution in [0.4, 0.5) is 5.69 Å². The third-order valence-corrected chi connectivity index (χ3v) is 3.31. The molecule has 0 fully saturated rings. The molecule has 2 nitrogen and oxygen atoms in total. The number of rotatable bonds is 3. The summed E-state index contributed by atoms with van der Waals surface area (Å²) in [6, 6.07) is 11.5. The maximum atomic E-state index is 5.79. The van der Waals surface area contributed by atoms with Gasteiger partial charge >= 0.3 is 0 Å². The molecule has 16 heavy (non-hydrogen) atoms. The molecule has 0 aliphatic carbocycles. The number of halogens is 1. The van der Waals surface area contributed by atoms with Gasteiger partial charge in [-0.3, -0.25) is 5.43 Å². The third-order valence-electron chi connectivity index (χ3n) is 2.07. The van der Waals surface area contributed by atoms with E-state index >= 15 is 0 Å². The van der Waals surface area contributed by atoms with E-state index < -0.39 is 0 Å². The smallest absolute Gasteiger partial charge is 0.0747 e. The van der Waals surface area contributed by atoms with Crippen LogP contribution >= 0.6 is 22.9 Å². The summed E-state index contributed by atoms with van der Waals surface area (Å²) in [6.07, 6.45) is 0. The normalized spacial score (nSPS) is 11.5. The molecule has 4 heteroatoms. The highest BCUT2D eigenvalue weighted by molar-refractivity contribution is 7.12. The van der Waals surface area contributed by atoms with E-state index in [-0.39, 0.29) is 0 Å². The number of nitrogens with one attached hydrogen (secondary N) is 1. The Morgan fingerprint density at radius 2 is 2.00 bits per heavy atom. The lowest BCUT2D eigenvalue weighted by molar-refractivity contribution is 1.33. The summed E-state index contributed by atoms with van der Waals surface area (Å²) in [5.74, 6) is 0. The zero-order valence-electron chi connectivity index (χ0n) is 8.77. The summed E-state index contributed by atoms with van der Waals surface area (Å²) in [5, 5.41) is 7.07. The number of nitrogens with zero attached hydrogens (tertiary/aromatic N) is 1. The van der Waals surface area contributed by atoms with Gasteiger partial charge in [-0.2, -0.15) is 5.10 Å². The second-order valence-corrected chi connectivity index (χ2v) is 4.68. The van der Waals surface area contributed by atoms with Crippen molar-refractivity contribution in [3.8, 4) is 0 Å². The predicted molar refractivity (Wildman–Crippen MR) is 71.6 cm³/mol. The lowest BCUT2D eigenvalue weighted by Gasteiger charge is -2.01. The van der Waals surface area contributed by atoms with Crippen LogP contribution in [0.25, 0.3) is 0 Å². The lowest BCUT2D eigenvalue weighted by atomic mass is 10.3. The average Bonchev–Trinajstić information content (AvgIpc) is 2.81. The Hall–Kier alpha value is -1.32. The summed E-state index contributed by atoms with van der Waals surface area (Å²) in [7, 11) is 0. The molecule has 82 valence electrons. The van der Waals surface area contributed by atoms with Crippen molar-refractivity contribution >= 4 is 34.3 Å². The molecule has 0 aliphatic heterocycles. The fraction of sp³-hybridized carbons (Fsp3) is 0.0833. The summed E-state index contributed by atoms with van der Waals surface area (Å²) in [4.78, 5) is 1.17. The van der Waals surface area contributed by atoms with Crippen molar-refractivity contribution in [3.05, 3.63) is 51.7 Å². The molecule has 1 aromatic heterocycles. The Bertz CT molecular complexity index is 474. The molecule has 0 atom stereocenters. The van der Waals surface area contributed by atoms with Crippen LogP contribution in [0.1, 0.15) is 11.8 Å². The number of anilines is 1. The zero-order chi connectivity index (χ0) is 11.4. The molecule has 0 bridgehead atoms. The van der Waals surface area contributed by atoms with Crippen LogP contribution in [0.15, 0.2) is 46.9 Å². The molecule has 1 heterocycles. The van der Waals surface area contributed by atoms with Crippen LogP contribution in [0, 0.1) is 0 Å². The van der Waals surface area contributed by atoms with Crippen molar-refractivity contribution in [1.29, 1.82) is 0 Å². The minimum Gasteiger partial charge on any atom is -0.278 e. The monoisotopic (exact) mass is 250 g/mol. The quantitative estimate of drug-likeness (QED) is 0.640. The predicted octanol–water partition coefficient (Wildman–Crippen LogP) is 4.24. The SMILES string of the molecule is C/C(=N/Nc1ccc(Cl)cc1)c1cccs1. The van der Waals surface area contributed by atoms with E-state index in [0.29, 0.717) is 0 Å². The van der Waals surface area contributed by atoms with Gasteiger partial charge in [-0.05, 0) is 42.6 Å². The van der Waals surface area contributed by atoms with Gasteiger partial charge in [0.1, 0.15) is 0 Å². The van der Waals surface area contributed by atoms with Gasteiger partial charge in [-0.15, -0.1) is 11.3 Å². The number of benzene rings is 1. The van der Waals surface area contributed by atoms with Gasteiger partial charge in [-0.1, -0.05) is 17.7 Å². The Balaban J connectivity index is 2.06.